The summed E-state index contributed by atoms with van der Waals surface area (Å²) in [4.78, 5) is 34.3. The number of hydrogen-bond acceptors (Lipinski definition) is 5. The molecule has 1 atom stereocenters. The predicted molar refractivity (Wildman–Crippen MR) is 98.0 cm³/mol. The minimum Gasteiger partial charge on any atom is -0.481 e. The van der Waals surface area contributed by atoms with E-state index >= 15 is 0 Å². The molecular weight excluding hydrogens is 374 g/mol. The Balaban J connectivity index is 2.36. The second-order valence-electron chi connectivity index (χ2n) is 6.19. The number of benzene rings is 1. The van der Waals surface area contributed by atoms with E-state index in [1.165, 1.54) is 14.1 Å². The first-order valence-corrected chi connectivity index (χ1v) is 9.65. The Bertz CT molecular complexity index is 1040. The molecule has 0 bridgehead atoms. The zero-order chi connectivity index (χ0) is 20.2. The zero-order valence-electron chi connectivity index (χ0n) is 15.0. The highest BCUT2D eigenvalue weighted by atomic mass is 32.2. The summed E-state index contributed by atoms with van der Waals surface area (Å²) in [6.07, 6.45) is 1.05. The number of hydrogen-bond donors (Lipinski definition) is 2. The van der Waals surface area contributed by atoms with Crippen molar-refractivity contribution < 1.29 is 18.3 Å². The van der Waals surface area contributed by atoms with Crippen LogP contribution in [0.4, 0.5) is 0 Å². The number of carboxylic acids is 1. The number of aliphatic carboxylic acids is 1. The van der Waals surface area contributed by atoms with Crippen LogP contribution < -0.4 is 16.0 Å². The van der Waals surface area contributed by atoms with Gasteiger partial charge in [0.2, 0.25) is 10.0 Å². The summed E-state index contributed by atoms with van der Waals surface area (Å²) in [6, 6.07) is 8.27. The number of nitrogens with one attached hydrogen (secondary N) is 1. The van der Waals surface area contributed by atoms with Crippen LogP contribution in [-0.2, 0) is 35.3 Å². The van der Waals surface area contributed by atoms with Gasteiger partial charge in [-0.05, 0) is 18.4 Å². The number of carboxylic acid groups (broad SMARTS) is 1. The van der Waals surface area contributed by atoms with E-state index in [1.54, 1.807) is 24.3 Å². The van der Waals surface area contributed by atoms with Crippen LogP contribution in [0.2, 0.25) is 0 Å². The lowest BCUT2D eigenvalue weighted by molar-refractivity contribution is -0.137. The lowest BCUT2D eigenvalue weighted by Gasteiger charge is -2.18. The van der Waals surface area contributed by atoms with Gasteiger partial charge in [0.15, 0.2) is 4.90 Å². The van der Waals surface area contributed by atoms with E-state index in [4.69, 9.17) is 5.11 Å². The number of carbonyl (C=O) groups is 1. The predicted octanol–water partition coefficient (Wildman–Crippen LogP) is -0.162. The lowest BCUT2D eigenvalue weighted by Crippen LogP contribution is -2.44. The normalized spacial score (nSPS) is 12.7. The first-order chi connectivity index (χ1) is 12.6. The van der Waals surface area contributed by atoms with Crippen molar-refractivity contribution in [3.05, 3.63) is 62.9 Å². The van der Waals surface area contributed by atoms with Crippen LogP contribution in [0.25, 0.3) is 0 Å². The van der Waals surface area contributed by atoms with E-state index in [1.807, 2.05) is 6.07 Å². The molecule has 9 nitrogen and oxygen atoms in total. The summed E-state index contributed by atoms with van der Waals surface area (Å²) in [5, 5.41) is 8.92. The van der Waals surface area contributed by atoms with Crippen LogP contribution in [0.1, 0.15) is 18.4 Å². The van der Waals surface area contributed by atoms with E-state index in [0.717, 1.165) is 16.3 Å². The largest absolute Gasteiger partial charge is 0.481 e. The number of sulfonamides is 1. The van der Waals surface area contributed by atoms with Gasteiger partial charge in [-0.2, -0.15) is 0 Å². The molecule has 2 rings (SSSR count). The molecular formula is C17H21N3O6S. The van der Waals surface area contributed by atoms with Gasteiger partial charge in [-0.15, -0.1) is 0 Å². The Hall–Kier alpha value is -2.72. The minimum absolute atomic E-state index is 0.0511. The van der Waals surface area contributed by atoms with Crippen LogP contribution >= 0.6 is 0 Å². The van der Waals surface area contributed by atoms with Crippen molar-refractivity contribution in [1.29, 1.82) is 0 Å². The monoisotopic (exact) mass is 395 g/mol. The highest BCUT2D eigenvalue weighted by molar-refractivity contribution is 7.89. The third kappa shape index (κ3) is 5.14. The van der Waals surface area contributed by atoms with Gasteiger partial charge in [-0.25, -0.2) is 17.9 Å². The van der Waals surface area contributed by atoms with E-state index in [0.29, 0.717) is 4.57 Å². The fourth-order valence-corrected chi connectivity index (χ4v) is 4.07. The summed E-state index contributed by atoms with van der Waals surface area (Å²) in [5.74, 6) is -1.05. The number of aromatic nitrogens is 2. The topological polar surface area (TPSA) is 127 Å². The van der Waals surface area contributed by atoms with Crippen molar-refractivity contribution in [1.82, 2.24) is 13.9 Å². The van der Waals surface area contributed by atoms with E-state index in [2.05, 4.69) is 4.72 Å². The summed E-state index contributed by atoms with van der Waals surface area (Å²) in [6.45, 7) is 0. The number of nitrogens with zero attached hydrogens (tertiary/aromatic N) is 2. The van der Waals surface area contributed by atoms with Crippen LogP contribution in [0, 0.1) is 0 Å². The molecule has 0 saturated heterocycles. The zero-order valence-corrected chi connectivity index (χ0v) is 15.8. The molecule has 2 N–H and O–H groups in total. The Morgan fingerprint density at radius 3 is 2.41 bits per heavy atom. The van der Waals surface area contributed by atoms with Gasteiger partial charge in [0, 0.05) is 32.8 Å². The van der Waals surface area contributed by atoms with Crippen LogP contribution in [0.3, 0.4) is 0 Å². The van der Waals surface area contributed by atoms with Crippen molar-refractivity contribution in [2.24, 2.45) is 14.1 Å². The molecule has 0 spiro atoms. The average molecular weight is 395 g/mol. The lowest BCUT2D eigenvalue weighted by atomic mass is 10.0. The molecule has 2 aromatic rings. The highest BCUT2D eigenvalue weighted by Crippen LogP contribution is 2.11. The van der Waals surface area contributed by atoms with Crippen molar-refractivity contribution in [2.45, 2.75) is 30.2 Å². The van der Waals surface area contributed by atoms with Crippen molar-refractivity contribution in [3.63, 3.8) is 0 Å². The third-order valence-corrected chi connectivity index (χ3v) is 5.56. The van der Waals surface area contributed by atoms with Gasteiger partial charge in [-0.1, -0.05) is 30.3 Å². The first kappa shape index (κ1) is 20.6. The Kier molecular flexibility index (Phi) is 6.34. The maximum absolute atomic E-state index is 12.7. The fraction of sp³-hybridized carbons (Fsp3) is 0.353. The number of aryl methyl sites for hydroxylation is 1. The average Bonchev–Trinajstić information content (AvgIpc) is 2.61. The summed E-state index contributed by atoms with van der Waals surface area (Å²) in [7, 11) is -1.73. The minimum atomic E-state index is -4.26. The van der Waals surface area contributed by atoms with Crippen molar-refractivity contribution in [2.75, 3.05) is 0 Å². The van der Waals surface area contributed by atoms with Crippen LogP contribution in [0.5, 0.6) is 0 Å². The van der Waals surface area contributed by atoms with Gasteiger partial charge in [0.1, 0.15) is 0 Å². The SMILES string of the molecule is Cn1cc(S(=O)(=O)NC(CCC(=O)O)Cc2ccccc2)c(=O)n(C)c1=O. The molecule has 1 aromatic carbocycles. The maximum atomic E-state index is 12.7. The molecule has 1 aromatic heterocycles. The molecule has 27 heavy (non-hydrogen) atoms. The molecule has 0 aliphatic rings. The van der Waals surface area contributed by atoms with Gasteiger partial charge in [0.25, 0.3) is 5.56 Å². The Morgan fingerprint density at radius 1 is 1.19 bits per heavy atom. The van der Waals surface area contributed by atoms with Gasteiger partial charge in [-0.3, -0.25) is 14.2 Å². The molecule has 0 aliphatic carbocycles. The molecule has 0 radical (unpaired) electrons. The first-order valence-electron chi connectivity index (χ1n) is 8.16. The maximum Gasteiger partial charge on any atom is 0.330 e. The van der Waals surface area contributed by atoms with Crippen LogP contribution in [0.15, 0.2) is 51.0 Å². The molecule has 0 fully saturated rings. The van der Waals surface area contributed by atoms with Crippen molar-refractivity contribution >= 4 is 16.0 Å². The molecule has 0 aliphatic heterocycles. The van der Waals surface area contributed by atoms with E-state index < -0.39 is 38.2 Å². The smallest absolute Gasteiger partial charge is 0.330 e. The third-order valence-electron chi connectivity index (χ3n) is 4.06. The number of rotatable bonds is 8. The molecule has 146 valence electrons. The molecule has 10 heteroatoms. The standard InChI is InChI=1S/C17H21N3O6S/c1-19-11-14(16(23)20(2)17(19)24)27(25,26)18-13(8-9-15(21)22)10-12-6-4-3-5-7-12/h3-7,11,13,18H,8-10H2,1-2H3,(H,21,22). The second kappa shape index (κ2) is 8.31. The van der Waals surface area contributed by atoms with E-state index in [9.17, 15) is 22.8 Å². The molecule has 0 amide bonds. The summed E-state index contributed by atoms with van der Waals surface area (Å²) >= 11 is 0. The summed E-state index contributed by atoms with van der Waals surface area (Å²) in [5.41, 5.74) is -0.767. The molecule has 0 saturated carbocycles. The highest BCUT2D eigenvalue weighted by Gasteiger charge is 2.25. The summed E-state index contributed by atoms with van der Waals surface area (Å²) < 4.78 is 29.6. The molecule has 1 unspecified atom stereocenters. The quantitative estimate of drug-likeness (QED) is 0.639. The van der Waals surface area contributed by atoms with Crippen LogP contribution in [-0.4, -0.2) is 34.7 Å². The fourth-order valence-electron chi connectivity index (χ4n) is 2.64. The van der Waals surface area contributed by atoms with Gasteiger partial charge in [0.05, 0.1) is 0 Å². The van der Waals surface area contributed by atoms with Crippen molar-refractivity contribution in [3.8, 4) is 0 Å². The second-order valence-corrected chi connectivity index (χ2v) is 7.87. The van der Waals surface area contributed by atoms with Gasteiger partial charge < -0.3 is 9.67 Å². The van der Waals surface area contributed by atoms with Gasteiger partial charge >= 0.3 is 11.7 Å². The van der Waals surface area contributed by atoms with E-state index in [-0.39, 0.29) is 19.3 Å². The molecule has 1 heterocycles. The Morgan fingerprint density at radius 2 is 1.81 bits per heavy atom. The Labute approximate surface area is 155 Å².